The minimum absolute atomic E-state index is 0.185. The standard InChI is InChI=1S/C5H9ClOS/c6-5-2-1-3-8(7)4-5/h5H,1-4H2/t5-,8?/m1/s1. The first kappa shape index (κ1) is 6.56. The summed E-state index contributed by atoms with van der Waals surface area (Å²) in [6.07, 6.45) is 2.09. The Hall–Kier alpha value is 0.440. The molecule has 2 atom stereocenters. The smallest absolute Gasteiger partial charge is 0.0451 e. The van der Waals surface area contributed by atoms with Crippen LogP contribution in [0.3, 0.4) is 0 Å². The fourth-order valence-electron chi connectivity index (χ4n) is 0.834. The van der Waals surface area contributed by atoms with Gasteiger partial charge in [-0.3, -0.25) is 4.21 Å². The van der Waals surface area contributed by atoms with Crippen LogP contribution in [0.5, 0.6) is 0 Å². The Morgan fingerprint density at radius 3 is 2.75 bits per heavy atom. The summed E-state index contributed by atoms with van der Waals surface area (Å²) in [5, 5.41) is 0.185. The highest BCUT2D eigenvalue weighted by Gasteiger charge is 2.14. The highest BCUT2D eigenvalue weighted by atomic mass is 35.5. The predicted molar refractivity (Wildman–Crippen MR) is 36.8 cm³/mol. The molecule has 3 heteroatoms. The van der Waals surface area contributed by atoms with Crippen LogP contribution in [0.2, 0.25) is 0 Å². The molecular formula is C5H9ClOS. The molecule has 8 heavy (non-hydrogen) atoms. The topological polar surface area (TPSA) is 17.1 Å². The summed E-state index contributed by atoms with van der Waals surface area (Å²) in [6, 6.07) is 0. The molecule has 0 aromatic carbocycles. The van der Waals surface area contributed by atoms with Gasteiger partial charge in [0, 0.05) is 27.7 Å². The van der Waals surface area contributed by atoms with E-state index in [1.54, 1.807) is 0 Å². The third kappa shape index (κ3) is 1.75. The van der Waals surface area contributed by atoms with Gasteiger partial charge in [-0.05, 0) is 12.8 Å². The van der Waals surface area contributed by atoms with Gasteiger partial charge in [0.1, 0.15) is 0 Å². The number of hydrogen-bond donors (Lipinski definition) is 0. The van der Waals surface area contributed by atoms with Crippen molar-refractivity contribution in [3.63, 3.8) is 0 Å². The van der Waals surface area contributed by atoms with Crippen molar-refractivity contribution in [2.75, 3.05) is 11.5 Å². The largest absolute Gasteiger partial charge is 0.260 e. The molecular weight excluding hydrogens is 144 g/mol. The van der Waals surface area contributed by atoms with Crippen LogP contribution in [-0.2, 0) is 10.8 Å². The second kappa shape index (κ2) is 2.83. The Labute approximate surface area is 56.9 Å². The molecule has 0 saturated carbocycles. The van der Waals surface area contributed by atoms with Crippen LogP contribution in [0.25, 0.3) is 0 Å². The monoisotopic (exact) mass is 152 g/mol. The van der Waals surface area contributed by atoms with Crippen molar-refractivity contribution in [2.24, 2.45) is 0 Å². The molecule has 0 spiro atoms. The van der Waals surface area contributed by atoms with Crippen LogP contribution in [0.15, 0.2) is 0 Å². The van der Waals surface area contributed by atoms with Gasteiger partial charge in [0.15, 0.2) is 0 Å². The molecule has 48 valence electrons. The highest BCUT2D eigenvalue weighted by molar-refractivity contribution is 7.85. The van der Waals surface area contributed by atoms with Gasteiger partial charge in [-0.15, -0.1) is 11.6 Å². The van der Waals surface area contributed by atoms with E-state index in [-0.39, 0.29) is 5.38 Å². The van der Waals surface area contributed by atoms with Crippen molar-refractivity contribution in [1.82, 2.24) is 0 Å². The van der Waals surface area contributed by atoms with E-state index in [9.17, 15) is 4.21 Å². The van der Waals surface area contributed by atoms with E-state index in [4.69, 9.17) is 11.6 Å². The summed E-state index contributed by atoms with van der Waals surface area (Å²) in [6.45, 7) is 0. The molecule has 0 aliphatic carbocycles. The van der Waals surface area contributed by atoms with Gasteiger partial charge in [0.05, 0.1) is 0 Å². The first-order chi connectivity index (χ1) is 3.79. The molecule has 1 saturated heterocycles. The summed E-state index contributed by atoms with van der Waals surface area (Å²) in [7, 11) is -0.602. The zero-order valence-electron chi connectivity index (χ0n) is 4.60. The molecule has 1 unspecified atom stereocenters. The van der Waals surface area contributed by atoms with Crippen LogP contribution < -0.4 is 0 Å². The summed E-state index contributed by atoms with van der Waals surface area (Å²) < 4.78 is 10.7. The Bertz CT molecular complexity index is 105. The predicted octanol–water partition coefficient (Wildman–Crippen LogP) is 1.14. The second-order valence-electron chi connectivity index (χ2n) is 2.05. The minimum atomic E-state index is -0.602. The Morgan fingerprint density at radius 2 is 2.38 bits per heavy atom. The van der Waals surface area contributed by atoms with E-state index in [2.05, 4.69) is 0 Å². The molecule has 0 bridgehead atoms. The van der Waals surface area contributed by atoms with Crippen LogP contribution in [-0.4, -0.2) is 21.1 Å². The molecule has 1 nitrogen and oxygen atoms in total. The van der Waals surface area contributed by atoms with E-state index < -0.39 is 10.8 Å². The van der Waals surface area contributed by atoms with Crippen molar-refractivity contribution in [1.29, 1.82) is 0 Å². The molecule has 0 N–H and O–H groups in total. The highest BCUT2D eigenvalue weighted by Crippen LogP contribution is 2.13. The molecule has 1 heterocycles. The fraction of sp³-hybridized carbons (Fsp3) is 1.00. The van der Waals surface area contributed by atoms with Crippen molar-refractivity contribution in [2.45, 2.75) is 18.2 Å². The maximum atomic E-state index is 10.7. The number of alkyl halides is 1. The van der Waals surface area contributed by atoms with E-state index in [0.717, 1.165) is 18.6 Å². The summed E-state index contributed by atoms with van der Waals surface area (Å²) >= 11 is 5.72. The van der Waals surface area contributed by atoms with Crippen LogP contribution >= 0.6 is 11.6 Å². The molecule has 0 amide bonds. The lowest BCUT2D eigenvalue weighted by Crippen LogP contribution is -2.19. The number of halogens is 1. The maximum absolute atomic E-state index is 10.7. The van der Waals surface area contributed by atoms with Gasteiger partial charge in [-0.25, -0.2) is 0 Å². The normalized spacial score (nSPS) is 39.6. The third-order valence-electron chi connectivity index (χ3n) is 1.26. The van der Waals surface area contributed by atoms with Crippen molar-refractivity contribution in [3.8, 4) is 0 Å². The first-order valence-corrected chi connectivity index (χ1v) is 4.70. The average Bonchev–Trinajstić information content (AvgIpc) is 1.64. The van der Waals surface area contributed by atoms with Crippen molar-refractivity contribution < 1.29 is 4.21 Å². The van der Waals surface area contributed by atoms with Gasteiger partial charge in [0.2, 0.25) is 0 Å². The summed E-state index contributed by atoms with van der Waals surface area (Å²) in [5.74, 6) is 1.57. The maximum Gasteiger partial charge on any atom is 0.0451 e. The van der Waals surface area contributed by atoms with Gasteiger partial charge >= 0.3 is 0 Å². The zero-order valence-corrected chi connectivity index (χ0v) is 6.17. The van der Waals surface area contributed by atoms with Gasteiger partial charge < -0.3 is 0 Å². The Balaban J connectivity index is 2.34. The van der Waals surface area contributed by atoms with E-state index >= 15 is 0 Å². The van der Waals surface area contributed by atoms with E-state index in [0.29, 0.717) is 5.75 Å². The second-order valence-corrected chi connectivity index (χ2v) is 4.29. The molecule has 1 aliphatic rings. The van der Waals surface area contributed by atoms with Crippen molar-refractivity contribution in [3.05, 3.63) is 0 Å². The van der Waals surface area contributed by atoms with E-state index in [1.807, 2.05) is 0 Å². The quantitative estimate of drug-likeness (QED) is 0.476. The molecule has 1 rings (SSSR count). The first-order valence-electron chi connectivity index (χ1n) is 2.78. The average molecular weight is 153 g/mol. The number of rotatable bonds is 0. The van der Waals surface area contributed by atoms with Gasteiger partial charge in [-0.1, -0.05) is 0 Å². The molecule has 1 aliphatic heterocycles. The van der Waals surface area contributed by atoms with Crippen LogP contribution in [0.4, 0.5) is 0 Å². The number of hydrogen-bond acceptors (Lipinski definition) is 1. The fourth-order valence-corrected chi connectivity index (χ4v) is 2.64. The minimum Gasteiger partial charge on any atom is -0.260 e. The summed E-state index contributed by atoms with van der Waals surface area (Å²) in [5.41, 5.74) is 0. The van der Waals surface area contributed by atoms with Gasteiger partial charge in [0.25, 0.3) is 0 Å². The lowest BCUT2D eigenvalue weighted by Gasteiger charge is -2.13. The van der Waals surface area contributed by atoms with Crippen molar-refractivity contribution >= 4 is 22.4 Å². The summed E-state index contributed by atoms with van der Waals surface area (Å²) in [4.78, 5) is 0. The Morgan fingerprint density at radius 1 is 1.62 bits per heavy atom. The lowest BCUT2D eigenvalue weighted by atomic mass is 10.3. The van der Waals surface area contributed by atoms with Crippen LogP contribution in [0.1, 0.15) is 12.8 Å². The molecule has 1 fully saturated rings. The Kier molecular flexibility index (Phi) is 2.32. The molecule has 0 aromatic rings. The molecule has 0 radical (unpaired) electrons. The van der Waals surface area contributed by atoms with Gasteiger partial charge in [-0.2, -0.15) is 0 Å². The third-order valence-corrected chi connectivity index (χ3v) is 3.33. The molecule has 0 aromatic heterocycles. The zero-order chi connectivity index (χ0) is 5.98. The lowest BCUT2D eigenvalue weighted by molar-refractivity contribution is 0.660. The van der Waals surface area contributed by atoms with E-state index in [1.165, 1.54) is 0 Å². The SMILES string of the molecule is O=S1CCC[C@@H](Cl)C1. The van der Waals surface area contributed by atoms with Crippen LogP contribution in [0, 0.1) is 0 Å².